The minimum absolute atomic E-state index is 0.0156. The van der Waals surface area contributed by atoms with Gasteiger partial charge in [-0.25, -0.2) is 17.6 Å². The fraction of sp³-hybridized carbons (Fsp3) is 0.130. The smallest absolute Gasteiger partial charge is 0.323 e. The molecule has 4 N–H and O–H groups in total. The van der Waals surface area contributed by atoms with Crippen molar-refractivity contribution in [2.45, 2.75) is 22.3 Å². The molecular formula is C23H19FN4O4S2. The second-order valence-corrected chi connectivity index (χ2v) is 10.6. The number of thioether (sulfide) groups is 1. The number of hydrogen-bond acceptors (Lipinski definition) is 5. The van der Waals surface area contributed by atoms with E-state index in [4.69, 9.17) is 0 Å². The number of fused-ring (bicyclic) bond motifs is 2. The van der Waals surface area contributed by atoms with Crippen molar-refractivity contribution in [3.63, 3.8) is 0 Å². The molecular weight excluding hydrogens is 479 g/mol. The van der Waals surface area contributed by atoms with Gasteiger partial charge in [-0.3, -0.25) is 9.52 Å². The van der Waals surface area contributed by atoms with Gasteiger partial charge in [0.1, 0.15) is 5.82 Å². The fourth-order valence-electron chi connectivity index (χ4n) is 3.84. The maximum atomic E-state index is 13.7. The highest BCUT2D eigenvalue weighted by Crippen LogP contribution is 2.36. The summed E-state index contributed by atoms with van der Waals surface area (Å²) in [6.07, 6.45) is 0.682. The molecule has 3 aromatic carbocycles. The zero-order valence-corrected chi connectivity index (χ0v) is 19.2. The molecule has 0 radical (unpaired) electrons. The van der Waals surface area contributed by atoms with E-state index in [-0.39, 0.29) is 28.3 Å². The van der Waals surface area contributed by atoms with Crippen molar-refractivity contribution in [1.82, 2.24) is 15.3 Å². The number of carbonyl (C=O) groups is 1. The molecule has 0 saturated heterocycles. The quantitative estimate of drug-likeness (QED) is 0.334. The first-order chi connectivity index (χ1) is 16.3. The Morgan fingerprint density at radius 2 is 1.76 bits per heavy atom. The van der Waals surface area contributed by atoms with Crippen LogP contribution < -0.4 is 15.7 Å². The van der Waals surface area contributed by atoms with Crippen molar-refractivity contribution in [1.29, 1.82) is 0 Å². The van der Waals surface area contributed by atoms with Crippen molar-refractivity contribution in [3.8, 4) is 0 Å². The van der Waals surface area contributed by atoms with Gasteiger partial charge in [-0.15, -0.1) is 11.8 Å². The molecule has 1 amide bonds. The van der Waals surface area contributed by atoms with E-state index in [9.17, 15) is 22.4 Å². The van der Waals surface area contributed by atoms with Crippen LogP contribution in [-0.4, -0.2) is 30.0 Å². The van der Waals surface area contributed by atoms with Gasteiger partial charge >= 0.3 is 5.69 Å². The molecule has 174 valence electrons. The first kappa shape index (κ1) is 22.2. The third-order valence-electron chi connectivity index (χ3n) is 5.51. The summed E-state index contributed by atoms with van der Waals surface area (Å²) < 4.78 is 41.7. The molecule has 0 spiro atoms. The summed E-state index contributed by atoms with van der Waals surface area (Å²) in [5, 5.41) is 2.94. The third-order valence-corrected chi connectivity index (χ3v) is 8.02. The van der Waals surface area contributed by atoms with Crippen molar-refractivity contribution < 1.29 is 17.6 Å². The molecule has 0 aliphatic carbocycles. The van der Waals surface area contributed by atoms with E-state index in [1.54, 1.807) is 17.8 Å². The van der Waals surface area contributed by atoms with E-state index in [0.29, 0.717) is 23.0 Å². The second-order valence-electron chi connectivity index (χ2n) is 7.81. The minimum Gasteiger partial charge on any atom is -0.345 e. The molecule has 2 heterocycles. The Kier molecular flexibility index (Phi) is 5.66. The van der Waals surface area contributed by atoms with Crippen LogP contribution >= 0.6 is 11.8 Å². The molecule has 0 fully saturated rings. The summed E-state index contributed by atoms with van der Waals surface area (Å²) in [6, 6.07) is 14.6. The Labute approximate surface area is 198 Å². The number of aromatic amines is 2. The Bertz CT molecular complexity index is 1560. The number of anilines is 1. The number of carbonyl (C=O) groups excluding carboxylic acids is 1. The topological polar surface area (TPSA) is 124 Å². The number of halogens is 1. The average Bonchev–Trinajstić information content (AvgIpc) is 3.19. The lowest BCUT2D eigenvalue weighted by molar-refractivity contribution is 0.0935. The predicted molar refractivity (Wildman–Crippen MR) is 128 cm³/mol. The number of sulfonamides is 1. The molecule has 1 aliphatic rings. The number of H-pyrrole nitrogens is 2. The van der Waals surface area contributed by atoms with Crippen molar-refractivity contribution >= 4 is 44.4 Å². The molecule has 0 saturated carbocycles. The summed E-state index contributed by atoms with van der Waals surface area (Å²) in [6.45, 7) is 0. The number of imidazole rings is 1. The Morgan fingerprint density at radius 1 is 1.00 bits per heavy atom. The number of aromatic nitrogens is 2. The van der Waals surface area contributed by atoms with Crippen LogP contribution in [0, 0.1) is 5.82 Å². The molecule has 8 nitrogen and oxygen atoms in total. The van der Waals surface area contributed by atoms with Crippen LogP contribution in [0.25, 0.3) is 11.0 Å². The number of rotatable bonds is 5. The lowest BCUT2D eigenvalue weighted by Gasteiger charge is -2.26. The lowest BCUT2D eigenvalue weighted by atomic mass is 10.0. The Balaban J connectivity index is 1.30. The molecule has 11 heteroatoms. The van der Waals surface area contributed by atoms with Crippen LogP contribution in [0.15, 0.2) is 75.2 Å². The first-order valence-electron chi connectivity index (χ1n) is 10.4. The van der Waals surface area contributed by atoms with E-state index >= 15 is 0 Å². The van der Waals surface area contributed by atoms with E-state index in [0.717, 1.165) is 16.2 Å². The Hall–Kier alpha value is -3.57. The van der Waals surface area contributed by atoms with Crippen molar-refractivity contribution in [2.75, 3.05) is 10.5 Å². The minimum atomic E-state index is -3.91. The molecule has 5 rings (SSSR count). The first-order valence-corrected chi connectivity index (χ1v) is 12.8. The van der Waals surface area contributed by atoms with E-state index in [1.165, 1.54) is 54.6 Å². The van der Waals surface area contributed by atoms with Crippen LogP contribution in [0.1, 0.15) is 28.4 Å². The molecule has 1 unspecified atom stereocenters. The zero-order chi connectivity index (χ0) is 23.9. The third kappa shape index (κ3) is 4.44. The fourth-order valence-corrected chi connectivity index (χ4v) is 6.03. The number of hydrogen-bond donors (Lipinski definition) is 4. The Morgan fingerprint density at radius 3 is 2.56 bits per heavy atom. The summed E-state index contributed by atoms with van der Waals surface area (Å²) >= 11 is 1.63. The molecule has 1 aliphatic heterocycles. The average molecular weight is 499 g/mol. The molecule has 1 atom stereocenters. The van der Waals surface area contributed by atoms with Gasteiger partial charge in [0.15, 0.2) is 0 Å². The van der Waals surface area contributed by atoms with Crippen molar-refractivity contribution in [3.05, 3.63) is 88.1 Å². The van der Waals surface area contributed by atoms with Gasteiger partial charge in [0.2, 0.25) is 0 Å². The van der Waals surface area contributed by atoms with Gasteiger partial charge in [-0.1, -0.05) is 0 Å². The number of benzene rings is 3. The zero-order valence-electron chi connectivity index (χ0n) is 17.6. The van der Waals surface area contributed by atoms with Crippen molar-refractivity contribution in [2.24, 2.45) is 0 Å². The number of nitrogens with one attached hydrogen (secondary N) is 4. The SMILES string of the molecule is O=C(NC1CCSc2ccc(F)cc21)c1ccc(NS(=O)(=O)c2ccc3[nH]c(=O)[nH]c3c2)cc1. The monoisotopic (exact) mass is 498 g/mol. The highest BCUT2D eigenvalue weighted by atomic mass is 32.2. The molecule has 34 heavy (non-hydrogen) atoms. The van der Waals surface area contributed by atoms with Gasteiger partial charge in [-0.2, -0.15) is 0 Å². The molecule has 0 bridgehead atoms. The van der Waals surface area contributed by atoms with Gasteiger partial charge in [0.25, 0.3) is 15.9 Å². The van der Waals surface area contributed by atoms with Crippen LogP contribution in [0.2, 0.25) is 0 Å². The summed E-state index contributed by atoms with van der Waals surface area (Å²) in [5.74, 6) is 0.134. The molecule has 1 aromatic heterocycles. The van der Waals surface area contributed by atoms with Gasteiger partial charge in [-0.05, 0) is 72.6 Å². The maximum Gasteiger partial charge on any atom is 0.323 e. The highest BCUT2D eigenvalue weighted by Gasteiger charge is 2.23. The summed E-state index contributed by atoms with van der Waals surface area (Å²) in [5.41, 5.74) is 1.84. The lowest BCUT2D eigenvalue weighted by Crippen LogP contribution is -2.30. The van der Waals surface area contributed by atoms with Crippen LogP contribution in [0.4, 0.5) is 10.1 Å². The van der Waals surface area contributed by atoms with Crippen LogP contribution in [-0.2, 0) is 10.0 Å². The maximum absolute atomic E-state index is 13.7. The van der Waals surface area contributed by atoms with Gasteiger partial charge in [0, 0.05) is 21.9 Å². The largest absolute Gasteiger partial charge is 0.345 e. The normalized spacial score (nSPS) is 15.6. The standard InChI is InChI=1S/C23H19FN4O4S2/c24-14-3-8-21-17(11-14)18(9-10-33-21)25-22(29)13-1-4-15(5-2-13)28-34(31,32)16-6-7-19-20(12-16)27-23(30)26-19/h1-8,11-12,18,28H,9-10H2,(H,25,29)(H2,26,27,30). The van der Waals surface area contributed by atoms with E-state index in [1.807, 2.05) is 0 Å². The number of amides is 1. The second kappa shape index (κ2) is 8.65. The van der Waals surface area contributed by atoms with Crippen LogP contribution in [0.3, 0.4) is 0 Å². The summed E-state index contributed by atoms with van der Waals surface area (Å²) in [7, 11) is -3.91. The van der Waals surface area contributed by atoms with E-state index < -0.39 is 15.7 Å². The molecule has 4 aromatic rings. The van der Waals surface area contributed by atoms with Crippen LogP contribution in [0.5, 0.6) is 0 Å². The van der Waals surface area contributed by atoms with Gasteiger partial charge < -0.3 is 15.3 Å². The van der Waals surface area contributed by atoms with Gasteiger partial charge in [0.05, 0.1) is 22.0 Å². The van der Waals surface area contributed by atoms with E-state index in [2.05, 4.69) is 20.0 Å². The predicted octanol–water partition coefficient (Wildman–Crippen LogP) is 3.76. The highest BCUT2D eigenvalue weighted by molar-refractivity contribution is 7.99. The summed E-state index contributed by atoms with van der Waals surface area (Å²) in [4.78, 5) is 30.2.